The van der Waals surface area contributed by atoms with Crippen molar-refractivity contribution in [3.05, 3.63) is 35.5 Å². The second-order valence-electron chi connectivity index (χ2n) is 6.89. The summed E-state index contributed by atoms with van der Waals surface area (Å²) in [5.74, 6) is 0.153. The average molecular weight is 423 g/mol. The molecule has 1 aromatic carbocycles. The summed E-state index contributed by atoms with van der Waals surface area (Å²) in [7, 11) is -3.73. The number of carbonyl (C=O) groups excluding carboxylic acids is 1. The Morgan fingerprint density at radius 3 is 2.55 bits per heavy atom. The average Bonchev–Trinajstić information content (AvgIpc) is 2.61. The third-order valence-corrected chi connectivity index (χ3v) is 4.63. The van der Waals surface area contributed by atoms with Crippen molar-refractivity contribution >= 4 is 33.5 Å². The number of primary amides is 1. The third kappa shape index (κ3) is 6.29. The highest BCUT2D eigenvalue weighted by Crippen LogP contribution is 2.26. The molecular weight excluding hydrogens is 398 g/mol. The molecular formula is C18H25N5O5S. The lowest BCUT2D eigenvalue weighted by molar-refractivity contribution is 0.100. The summed E-state index contributed by atoms with van der Waals surface area (Å²) in [5, 5.41) is 15.6. The SMILES string of the molecule is CC(C)C(C)Nc1nc(Nc2ccc(OS(C)(=O)=O)c(CO)c2)ncc1C(N)=O. The number of carbonyl (C=O) groups is 1. The Morgan fingerprint density at radius 1 is 1.31 bits per heavy atom. The van der Waals surface area contributed by atoms with Crippen LogP contribution in [-0.4, -0.2) is 41.7 Å². The summed E-state index contributed by atoms with van der Waals surface area (Å²) < 4.78 is 27.5. The van der Waals surface area contributed by atoms with E-state index < -0.39 is 22.6 Å². The van der Waals surface area contributed by atoms with Gasteiger partial charge in [0, 0.05) is 23.5 Å². The Kier molecular flexibility index (Phi) is 6.98. The van der Waals surface area contributed by atoms with Crippen molar-refractivity contribution in [2.75, 3.05) is 16.9 Å². The number of aliphatic hydroxyl groups excluding tert-OH is 1. The monoisotopic (exact) mass is 423 g/mol. The van der Waals surface area contributed by atoms with Crippen molar-refractivity contribution in [3.8, 4) is 5.75 Å². The van der Waals surface area contributed by atoms with Crippen LogP contribution in [0.3, 0.4) is 0 Å². The molecule has 1 aromatic heterocycles. The topological polar surface area (TPSA) is 157 Å². The summed E-state index contributed by atoms with van der Waals surface area (Å²) in [4.78, 5) is 20.1. The first-order valence-electron chi connectivity index (χ1n) is 8.83. The zero-order chi connectivity index (χ0) is 21.8. The van der Waals surface area contributed by atoms with E-state index in [1.165, 1.54) is 18.3 Å². The van der Waals surface area contributed by atoms with Gasteiger partial charge in [0.25, 0.3) is 5.91 Å². The Morgan fingerprint density at radius 2 is 2.00 bits per heavy atom. The number of aromatic nitrogens is 2. The van der Waals surface area contributed by atoms with E-state index in [1.54, 1.807) is 6.07 Å². The van der Waals surface area contributed by atoms with E-state index in [-0.39, 0.29) is 34.8 Å². The molecule has 10 nitrogen and oxygen atoms in total. The highest BCUT2D eigenvalue weighted by molar-refractivity contribution is 7.86. The van der Waals surface area contributed by atoms with E-state index in [0.29, 0.717) is 11.5 Å². The Hall–Kier alpha value is -2.92. The molecule has 2 rings (SSSR count). The Bertz CT molecular complexity index is 994. The lowest BCUT2D eigenvalue weighted by Gasteiger charge is -2.20. The quantitative estimate of drug-likeness (QED) is 0.440. The molecule has 2 aromatic rings. The lowest BCUT2D eigenvalue weighted by atomic mass is 10.1. The lowest BCUT2D eigenvalue weighted by Crippen LogP contribution is -2.25. The number of anilines is 3. The minimum atomic E-state index is -3.73. The van der Waals surface area contributed by atoms with Gasteiger partial charge in [0.2, 0.25) is 5.95 Å². The maximum absolute atomic E-state index is 11.7. The maximum Gasteiger partial charge on any atom is 0.306 e. The normalized spacial score (nSPS) is 12.5. The van der Waals surface area contributed by atoms with Crippen LogP contribution in [0.2, 0.25) is 0 Å². The van der Waals surface area contributed by atoms with Crippen LogP contribution in [-0.2, 0) is 16.7 Å². The molecule has 0 aliphatic heterocycles. The van der Waals surface area contributed by atoms with Gasteiger partial charge in [0.1, 0.15) is 11.6 Å². The van der Waals surface area contributed by atoms with Crippen LogP contribution < -0.4 is 20.6 Å². The molecule has 0 aliphatic carbocycles. The van der Waals surface area contributed by atoms with Crippen LogP contribution in [0.4, 0.5) is 17.5 Å². The van der Waals surface area contributed by atoms with Crippen LogP contribution in [0.25, 0.3) is 0 Å². The second-order valence-corrected chi connectivity index (χ2v) is 8.47. The first-order valence-corrected chi connectivity index (χ1v) is 10.7. The predicted molar refractivity (Wildman–Crippen MR) is 110 cm³/mol. The molecule has 0 spiro atoms. The summed E-state index contributed by atoms with van der Waals surface area (Å²) >= 11 is 0. The number of nitrogens with two attached hydrogens (primary N) is 1. The molecule has 29 heavy (non-hydrogen) atoms. The van der Waals surface area contributed by atoms with Crippen LogP contribution >= 0.6 is 0 Å². The fourth-order valence-corrected chi connectivity index (χ4v) is 2.76. The van der Waals surface area contributed by atoms with Gasteiger partial charge in [-0.05, 0) is 31.0 Å². The van der Waals surface area contributed by atoms with Crippen molar-refractivity contribution < 1.29 is 22.5 Å². The van der Waals surface area contributed by atoms with Gasteiger partial charge in [-0.3, -0.25) is 4.79 Å². The standard InChI is InChI=1S/C18H25N5O5S/c1-10(2)11(3)21-17-14(16(19)25)8-20-18(23-17)22-13-5-6-15(12(7-13)9-24)28-29(4,26)27/h5-8,10-11,24H,9H2,1-4H3,(H2,19,25)(H2,20,21,22,23). The summed E-state index contributed by atoms with van der Waals surface area (Å²) in [5.41, 5.74) is 6.32. The Labute approximate surface area is 169 Å². The smallest absolute Gasteiger partial charge is 0.306 e. The highest BCUT2D eigenvalue weighted by Gasteiger charge is 2.16. The van der Waals surface area contributed by atoms with Crippen molar-refractivity contribution in [2.24, 2.45) is 11.7 Å². The van der Waals surface area contributed by atoms with Crippen LogP contribution in [0.5, 0.6) is 5.75 Å². The number of benzene rings is 1. The van der Waals surface area contributed by atoms with Gasteiger partial charge in [-0.25, -0.2) is 4.98 Å². The van der Waals surface area contributed by atoms with E-state index in [9.17, 15) is 18.3 Å². The number of hydrogen-bond acceptors (Lipinski definition) is 9. The zero-order valence-corrected chi connectivity index (χ0v) is 17.4. The van der Waals surface area contributed by atoms with Gasteiger partial charge in [-0.1, -0.05) is 13.8 Å². The molecule has 1 atom stereocenters. The number of nitrogens with one attached hydrogen (secondary N) is 2. The summed E-state index contributed by atoms with van der Waals surface area (Å²) in [6, 6.07) is 4.50. The fourth-order valence-electron chi connectivity index (χ4n) is 2.27. The van der Waals surface area contributed by atoms with E-state index in [2.05, 4.69) is 20.6 Å². The summed E-state index contributed by atoms with van der Waals surface area (Å²) in [6.07, 6.45) is 2.24. The van der Waals surface area contributed by atoms with Crippen molar-refractivity contribution in [2.45, 2.75) is 33.4 Å². The molecule has 0 fully saturated rings. The summed E-state index contributed by atoms with van der Waals surface area (Å²) in [6.45, 7) is 5.58. The minimum absolute atomic E-state index is 0.0265. The van der Waals surface area contributed by atoms with E-state index in [4.69, 9.17) is 9.92 Å². The molecule has 1 heterocycles. The van der Waals surface area contributed by atoms with Crippen LogP contribution in [0, 0.1) is 5.92 Å². The fraction of sp³-hybridized carbons (Fsp3) is 0.389. The van der Waals surface area contributed by atoms with Gasteiger partial charge in [0.05, 0.1) is 18.4 Å². The van der Waals surface area contributed by atoms with E-state index in [0.717, 1.165) is 6.26 Å². The second kappa shape index (κ2) is 9.05. The largest absolute Gasteiger partial charge is 0.392 e. The number of hydrogen-bond donors (Lipinski definition) is 4. The number of amides is 1. The van der Waals surface area contributed by atoms with Crippen molar-refractivity contribution in [1.82, 2.24) is 9.97 Å². The van der Waals surface area contributed by atoms with Crippen LogP contribution in [0.15, 0.2) is 24.4 Å². The molecule has 0 radical (unpaired) electrons. The van der Waals surface area contributed by atoms with Crippen molar-refractivity contribution in [3.63, 3.8) is 0 Å². The molecule has 0 bridgehead atoms. The van der Waals surface area contributed by atoms with Gasteiger partial charge in [-0.2, -0.15) is 13.4 Å². The molecule has 0 saturated carbocycles. The van der Waals surface area contributed by atoms with Gasteiger partial charge < -0.3 is 25.7 Å². The van der Waals surface area contributed by atoms with Crippen molar-refractivity contribution in [1.29, 1.82) is 0 Å². The number of nitrogens with zero attached hydrogens (tertiary/aromatic N) is 2. The molecule has 1 amide bonds. The maximum atomic E-state index is 11.7. The third-order valence-electron chi connectivity index (χ3n) is 4.15. The predicted octanol–water partition coefficient (Wildman–Crippen LogP) is 1.61. The molecule has 0 aliphatic rings. The zero-order valence-electron chi connectivity index (χ0n) is 16.6. The van der Waals surface area contributed by atoms with E-state index in [1.807, 2.05) is 20.8 Å². The number of rotatable bonds is 9. The van der Waals surface area contributed by atoms with Gasteiger partial charge >= 0.3 is 10.1 Å². The van der Waals surface area contributed by atoms with E-state index >= 15 is 0 Å². The molecule has 11 heteroatoms. The van der Waals surface area contributed by atoms with Crippen LogP contribution in [0.1, 0.15) is 36.7 Å². The first-order chi connectivity index (χ1) is 13.5. The van der Waals surface area contributed by atoms with Gasteiger partial charge in [0.15, 0.2) is 0 Å². The minimum Gasteiger partial charge on any atom is -0.392 e. The number of aliphatic hydroxyl groups is 1. The molecule has 5 N–H and O–H groups in total. The Balaban J connectivity index is 2.32. The highest BCUT2D eigenvalue weighted by atomic mass is 32.2. The van der Waals surface area contributed by atoms with Gasteiger partial charge in [-0.15, -0.1) is 0 Å². The first kappa shape index (κ1) is 22.4. The molecule has 1 unspecified atom stereocenters. The molecule has 0 saturated heterocycles. The molecule has 158 valence electrons.